The molecule has 6 heteroatoms. The van der Waals surface area contributed by atoms with Gasteiger partial charge in [-0.05, 0) is 12.5 Å². The van der Waals surface area contributed by atoms with E-state index in [-0.39, 0.29) is 11.6 Å². The lowest BCUT2D eigenvalue weighted by atomic mass is 9.83. The second-order valence-electron chi connectivity index (χ2n) is 5.79. The number of carbonyl (C=O) groups excluding carboxylic acids is 2. The summed E-state index contributed by atoms with van der Waals surface area (Å²) in [6.07, 6.45) is 2.09. The summed E-state index contributed by atoms with van der Waals surface area (Å²) in [5, 5.41) is 3.32. The van der Waals surface area contributed by atoms with E-state index in [9.17, 15) is 9.59 Å². The Kier molecular flexibility index (Phi) is 3.61. The summed E-state index contributed by atoms with van der Waals surface area (Å²) < 4.78 is 8.62. The van der Waals surface area contributed by atoms with Gasteiger partial charge in [0.2, 0.25) is 0 Å². The lowest BCUT2D eigenvalue weighted by Gasteiger charge is -2.19. The van der Waals surface area contributed by atoms with Gasteiger partial charge >= 0.3 is 0 Å². The molecule has 0 atom stereocenters. The zero-order valence-corrected chi connectivity index (χ0v) is 13.9. The number of nitrogens with one attached hydrogen (secondary N) is 1. The van der Waals surface area contributed by atoms with Crippen LogP contribution in [-0.2, 0) is 0 Å². The maximum Gasteiger partial charge on any atom is 0.196 e. The van der Waals surface area contributed by atoms with Gasteiger partial charge in [-0.3, -0.25) is 9.59 Å². The molecule has 0 bridgehead atoms. The van der Waals surface area contributed by atoms with Gasteiger partial charge in [-0.15, -0.1) is 0 Å². The van der Waals surface area contributed by atoms with E-state index in [1.807, 2.05) is 0 Å². The van der Waals surface area contributed by atoms with E-state index in [1.165, 1.54) is 0 Å². The average molecular weight is 337 g/mol. The van der Waals surface area contributed by atoms with E-state index in [2.05, 4.69) is 21.0 Å². The fourth-order valence-corrected chi connectivity index (χ4v) is 3.61. The van der Waals surface area contributed by atoms with Crippen LogP contribution in [0.5, 0.6) is 0 Å². The van der Waals surface area contributed by atoms with Crippen LogP contribution >= 0.6 is 11.7 Å². The molecule has 1 aliphatic rings. The van der Waals surface area contributed by atoms with Crippen molar-refractivity contribution in [3.8, 4) is 0 Å². The molecule has 3 aromatic rings. The first-order valence-electron chi connectivity index (χ1n) is 7.94. The minimum Gasteiger partial charge on any atom is -0.383 e. The van der Waals surface area contributed by atoms with Crippen LogP contribution in [0.4, 0.5) is 5.69 Å². The Morgan fingerprint density at radius 1 is 1.00 bits per heavy atom. The second kappa shape index (κ2) is 5.79. The normalized spacial score (nSPS) is 13.0. The Morgan fingerprint density at radius 2 is 1.71 bits per heavy atom. The molecule has 2 aromatic carbocycles. The highest BCUT2D eigenvalue weighted by Gasteiger charge is 2.33. The molecule has 0 aliphatic heterocycles. The van der Waals surface area contributed by atoms with Gasteiger partial charge < -0.3 is 5.32 Å². The number of nitrogens with zero attached hydrogens (tertiary/aromatic N) is 2. The molecule has 0 fully saturated rings. The van der Waals surface area contributed by atoms with Crippen molar-refractivity contribution >= 4 is 40.0 Å². The van der Waals surface area contributed by atoms with Crippen molar-refractivity contribution in [2.45, 2.75) is 19.8 Å². The molecule has 1 aromatic heterocycles. The molecule has 0 amide bonds. The fourth-order valence-electron chi connectivity index (χ4n) is 3.04. The maximum atomic E-state index is 12.9. The number of hydrogen-bond donors (Lipinski definition) is 1. The third-order valence-corrected chi connectivity index (χ3v) is 4.80. The van der Waals surface area contributed by atoms with Crippen molar-refractivity contribution in [2.75, 3.05) is 11.9 Å². The summed E-state index contributed by atoms with van der Waals surface area (Å²) in [5.74, 6) is -0.286. The van der Waals surface area contributed by atoms with E-state index >= 15 is 0 Å². The summed E-state index contributed by atoms with van der Waals surface area (Å²) in [4.78, 5) is 25.8. The largest absolute Gasteiger partial charge is 0.383 e. The summed E-state index contributed by atoms with van der Waals surface area (Å²) >= 11 is 1.06. The molecule has 0 saturated carbocycles. The van der Waals surface area contributed by atoms with Crippen LogP contribution in [0, 0.1) is 0 Å². The minimum atomic E-state index is -0.155. The zero-order chi connectivity index (χ0) is 16.7. The number of rotatable bonds is 4. The van der Waals surface area contributed by atoms with Crippen molar-refractivity contribution in [1.82, 2.24) is 8.75 Å². The van der Waals surface area contributed by atoms with Gasteiger partial charge in [-0.25, -0.2) is 0 Å². The number of fused-ring (bicyclic) bond motifs is 4. The predicted octanol–water partition coefficient (Wildman–Crippen LogP) is 3.68. The quantitative estimate of drug-likeness (QED) is 0.575. The average Bonchev–Trinajstić information content (AvgIpc) is 3.09. The Balaban J connectivity index is 1.92. The summed E-state index contributed by atoms with van der Waals surface area (Å²) in [6, 6.07) is 8.69. The van der Waals surface area contributed by atoms with E-state index in [0.717, 1.165) is 36.8 Å². The standard InChI is InChI=1S/C18H15N3O2S/c1-2-3-8-19-13-9-12-14(16-15(13)20-24-21-16)18(23)11-7-5-4-6-10(11)17(12)22/h4-7,9,19H,2-3,8H2,1H3. The van der Waals surface area contributed by atoms with Crippen LogP contribution in [0.15, 0.2) is 30.3 Å². The molecule has 0 saturated heterocycles. The Morgan fingerprint density at radius 3 is 2.46 bits per heavy atom. The molecule has 5 nitrogen and oxygen atoms in total. The van der Waals surface area contributed by atoms with Crippen molar-refractivity contribution < 1.29 is 9.59 Å². The maximum absolute atomic E-state index is 12.9. The molecule has 0 unspecified atom stereocenters. The van der Waals surface area contributed by atoms with Crippen LogP contribution in [0.1, 0.15) is 51.6 Å². The molecular weight excluding hydrogens is 322 g/mol. The molecule has 4 rings (SSSR count). The van der Waals surface area contributed by atoms with E-state index in [1.54, 1.807) is 30.3 Å². The molecule has 120 valence electrons. The van der Waals surface area contributed by atoms with Gasteiger partial charge in [0, 0.05) is 23.2 Å². The number of benzene rings is 2. The van der Waals surface area contributed by atoms with E-state index in [0.29, 0.717) is 33.3 Å². The molecule has 1 heterocycles. The summed E-state index contributed by atoms with van der Waals surface area (Å²) in [7, 11) is 0. The van der Waals surface area contributed by atoms with Crippen molar-refractivity contribution in [3.05, 3.63) is 52.6 Å². The van der Waals surface area contributed by atoms with Crippen LogP contribution in [0.2, 0.25) is 0 Å². The Bertz CT molecular complexity index is 978. The third-order valence-electron chi connectivity index (χ3n) is 4.27. The lowest BCUT2D eigenvalue weighted by molar-refractivity contribution is 0.0980. The van der Waals surface area contributed by atoms with Gasteiger partial charge in [-0.2, -0.15) is 8.75 Å². The fraction of sp³-hybridized carbons (Fsp3) is 0.222. The van der Waals surface area contributed by atoms with Crippen molar-refractivity contribution in [2.24, 2.45) is 0 Å². The molecule has 24 heavy (non-hydrogen) atoms. The SMILES string of the molecule is CCCCNc1cc2c(c3nsnc13)C(=O)c1ccccc1C2=O. The first-order chi connectivity index (χ1) is 11.7. The number of hydrogen-bond acceptors (Lipinski definition) is 6. The third kappa shape index (κ3) is 2.14. The van der Waals surface area contributed by atoms with Gasteiger partial charge in [-0.1, -0.05) is 37.6 Å². The Hall–Kier alpha value is -2.60. The van der Waals surface area contributed by atoms with Gasteiger partial charge in [0.1, 0.15) is 11.0 Å². The Labute approximate surface area is 143 Å². The van der Waals surface area contributed by atoms with Gasteiger partial charge in [0.05, 0.1) is 23.0 Å². The molecule has 0 radical (unpaired) electrons. The van der Waals surface area contributed by atoms with Gasteiger partial charge in [0.25, 0.3) is 0 Å². The molecular formula is C18H15N3O2S. The second-order valence-corrected chi connectivity index (χ2v) is 6.32. The first-order valence-corrected chi connectivity index (χ1v) is 8.67. The van der Waals surface area contributed by atoms with Gasteiger partial charge in [0.15, 0.2) is 11.6 Å². The van der Waals surface area contributed by atoms with Crippen LogP contribution in [-0.4, -0.2) is 26.9 Å². The topological polar surface area (TPSA) is 72.0 Å². The molecule has 1 aliphatic carbocycles. The molecule has 1 N–H and O–H groups in total. The number of ketones is 2. The van der Waals surface area contributed by atoms with Crippen LogP contribution < -0.4 is 5.32 Å². The number of aromatic nitrogens is 2. The summed E-state index contributed by atoms with van der Waals surface area (Å²) in [6.45, 7) is 2.91. The highest BCUT2D eigenvalue weighted by atomic mass is 32.1. The minimum absolute atomic E-state index is 0.131. The van der Waals surface area contributed by atoms with Crippen LogP contribution in [0.25, 0.3) is 11.0 Å². The van der Waals surface area contributed by atoms with Crippen LogP contribution in [0.3, 0.4) is 0 Å². The summed E-state index contributed by atoms with van der Waals surface area (Å²) in [5.41, 5.74) is 3.64. The first kappa shape index (κ1) is 15.0. The van der Waals surface area contributed by atoms with Crippen molar-refractivity contribution in [3.63, 3.8) is 0 Å². The number of anilines is 1. The lowest BCUT2D eigenvalue weighted by Crippen LogP contribution is -2.21. The van der Waals surface area contributed by atoms with E-state index in [4.69, 9.17) is 0 Å². The number of unbranched alkanes of at least 4 members (excludes halogenated alkanes) is 1. The molecule has 0 spiro atoms. The monoisotopic (exact) mass is 337 g/mol. The zero-order valence-electron chi connectivity index (χ0n) is 13.1. The highest BCUT2D eigenvalue weighted by molar-refractivity contribution is 7.00. The smallest absolute Gasteiger partial charge is 0.196 e. The highest BCUT2D eigenvalue weighted by Crippen LogP contribution is 2.35. The number of carbonyl (C=O) groups is 2. The predicted molar refractivity (Wildman–Crippen MR) is 94.1 cm³/mol. The van der Waals surface area contributed by atoms with Crippen molar-refractivity contribution in [1.29, 1.82) is 0 Å². The van der Waals surface area contributed by atoms with E-state index < -0.39 is 0 Å².